The minimum Gasteiger partial charge on any atom is -0.348 e. The SMILES string of the molecule is O=C(c1ccc(F)c(F)c1)N1CCN(c2nc3cccnc3n(Cc3ccccc3)c2=O)CC1. The first-order valence-corrected chi connectivity index (χ1v) is 10.9. The van der Waals surface area contributed by atoms with E-state index in [0.29, 0.717) is 49.7 Å². The summed E-state index contributed by atoms with van der Waals surface area (Å²) in [6.45, 7) is 1.77. The minimum atomic E-state index is -1.06. The molecule has 7 nitrogen and oxygen atoms in total. The second-order valence-corrected chi connectivity index (χ2v) is 8.07. The summed E-state index contributed by atoms with van der Waals surface area (Å²) in [7, 11) is 0. The van der Waals surface area contributed by atoms with Gasteiger partial charge in [0.15, 0.2) is 23.1 Å². The molecular formula is C25H21F2N5O2. The highest BCUT2D eigenvalue weighted by molar-refractivity contribution is 5.94. The quantitative estimate of drug-likeness (QED) is 0.467. The third-order valence-electron chi connectivity index (χ3n) is 5.90. The van der Waals surface area contributed by atoms with E-state index in [1.807, 2.05) is 41.3 Å². The smallest absolute Gasteiger partial charge is 0.295 e. The molecule has 3 heterocycles. The van der Waals surface area contributed by atoms with Crippen LogP contribution in [-0.4, -0.2) is 51.5 Å². The maximum atomic E-state index is 13.6. The number of fused-ring (bicyclic) bond motifs is 1. The van der Waals surface area contributed by atoms with Gasteiger partial charge in [-0.2, -0.15) is 0 Å². The minimum absolute atomic E-state index is 0.0903. The summed E-state index contributed by atoms with van der Waals surface area (Å²) in [5, 5.41) is 0. The van der Waals surface area contributed by atoms with Crippen LogP contribution in [0, 0.1) is 11.6 Å². The van der Waals surface area contributed by atoms with Crippen LogP contribution in [0.3, 0.4) is 0 Å². The van der Waals surface area contributed by atoms with Crippen LogP contribution in [0.25, 0.3) is 11.2 Å². The van der Waals surface area contributed by atoms with E-state index >= 15 is 0 Å². The number of amides is 1. The lowest BCUT2D eigenvalue weighted by Gasteiger charge is -2.35. The molecule has 0 atom stereocenters. The van der Waals surface area contributed by atoms with Crippen LogP contribution < -0.4 is 10.5 Å². The fourth-order valence-electron chi connectivity index (χ4n) is 4.11. The number of benzene rings is 2. The number of hydrogen-bond donors (Lipinski definition) is 0. The van der Waals surface area contributed by atoms with E-state index in [0.717, 1.165) is 17.7 Å². The second kappa shape index (κ2) is 9.01. The number of piperazine rings is 1. The van der Waals surface area contributed by atoms with Crippen molar-refractivity contribution >= 4 is 22.9 Å². The van der Waals surface area contributed by atoms with Crippen molar-refractivity contribution in [3.8, 4) is 0 Å². The molecule has 34 heavy (non-hydrogen) atoms. The number of carbonyl (C=O) groups excluding carboxylic acids is 1. The largest absolute Gasteiger partial charge is 0.348 e. The molecule has 0 radical (unpaired) electrons. The lowest BCUT2D eigenvalue weighted by atomic mass is 10.1. The third-order valence-corrected chi connectivity index (χ3v) is 5.90. The summed E-state index contributed by atoms with van der Waals surface area (Å²) in [4.78, 5) is 38.6. The van der Waals surface area contributed by atoms with E-state index in [9.17, 15) is 18.4 Å². The van der Waals surface area contributed by atoms with Crippen LogP contribution in [0.1, 0.15) is 15.9 Å². The summed E-state index contributed by atoms with van der Waals surface area (Å²) >= 11 is 0. The van der Waals surface area contributed by atoms with Gasteiger partial charge in [-0.15, -0.1) is 0 Å². The first kappa shape index (κ1) is 21.7. The maximum absolute atomic E-state index is 13.6. The third kappa shape index (κ3) is 4.12. The molecule has 1 saturated heterocycles. The number of hydrogen-bond acceptors (Lipinski definition) is 5. The molecule has 0 aliphatic carbocycles. The monoisotopic (exact) mass is 461 g/mol. The molecule has 1 aliphatic heterocycles. The average molecular weight is 461 g/mol. The van der Waals surface area contributed by atoms with Gasteiger partial charge in [-0.05, 0) is 35.9 Å². The summed E-state index contributed by atoms with van der Waals surface area (Å²) in [6.07, 6.45) is 1.63. The first-order chi connectivity index (χ1) is 16.5. The fraction of sp³-hybridized carbons (Fsp3) is 0.200. The van der Waals surface area contributed by atoms with E-state index in [2.05, 4.69) is 9.97 Å². The van der Waals surface area contributed by atoms with Crippen molar-refractivity contribution in [1.82, 2.24) is 19.4 Å². The maximum Gasteiger partial charge on any atom is 0.295 e. The number of carbonyl (C=O) groups is 1. The Bertz CT molecular complexity index is 1420. The average Bonchev–Trinajstić information content (AvgIpc) is 2.87. The molecule has 4 aromatic rings. The van der Waals surface area contributed by atoms with Crippen molar-refractivity contribution in [2.75, 3.05) is 31.1 Å². The molecule has 0 spiro atoms. The highest BCUT2D eigenvalue weighted by Gasteiger charge is 2.26. The van der Waals surface area contributed by atoms with Gasteiger partial charge in [-0.1, -0.05) is 30.3 Å². The van der Waals surface area contributed by atoms with E-state index in [-0.39, 0.29) is 17.0 Å². The molecular weight excluding hydrogens is 440 g/mol. The number of nitrogens with zero attached hydrogens (tertiary/aromatic N) is 5. The Morgan fingerprint density at radius 1 is 0.912 bits per heavy atom. The molecule has 2 aromatic carbocycles. The van der Waals surface area contributed by atoms with Crippen LogP contribution in [0.5, 0.6) is 0 Å². The summed E-state index contributed by atoms with van der Waals surface area (Å²) in [5.41, 5.74) is 1.92. The zero-order chi connectivity index (χ0) is 23.7. The summed E-state index contributed by atoms with van der Waals surface area (Å²) < 4.78 is 28.4. The molecule has 0 N–H and O–H groups in total. The normalized spacial score (nSPS) is 13.9. The van der Waals surface area contributed by atoms with Crippen LogP contribution >= 0.6 is 0 Å². The van der Waals surface area contributed by atoms with Crippen molar-refractivity contribution in [2.45, 2.75) is 6.54 Å². The van der Waals surface area contributed by atoms with E-state index in [4.69, 9.17) is 0 Å². The van der Waals surface area contributed by atoms with Crippen LogP contribution in [0.4, 0.5) is 14.6 Å². The molecule has 1 fully saturated rings. The van der Waals surface area contributed by atoms with Crippen molar-refractivity contribution in [1.29, 1.82) is 0 Å². The lowest BCUT2D eigenvalue weighted by molar-refractivity contribution is 0.0746. The Kier molecular flexibility index (Phi) is 5.75. The Morgan fingerprint density at radius 2 is 1.68 bits per heavy atom. The first-order valence-electron chi connectivity index (χ1n) is 10.9. The van der Waals surface area contributed by atoms with Crippen molar-refractivity contribution in [2.24, 2.45) is 0 Å². The summed E-state index contributed by atoms with van der Waals surface area (Å²) in [5.74, 6) is -2.13. The van der Waals surface area contributed by atoms with E-state index in [1.165, 1.54) is 6.07 Å². The Morgan fingerprint density at radius 3 is 2.41 bits per heavy atom. The molecule has 1 aliphatic rings. The standard InChI is InChI=1S/C25H21F2N5O2/c26-19-9-8-18(15-20(19)27)24(33)31-13-11-30(12-14-31)23-25(34)32(16-17-5-2-1-3-6-17)22-21(29-23)7-4-10-28-22/h1-10,15H,11-14,16H2. The predicted octanol–water partition coefficient (Wildman–Crippen LogP) is 3.08. The lowest BCUT2D eigenvalue weighted by Crippen LogP contribution is -2.50. The van der Waals surface area contributed by atoms with Gasteiger partial charge < -0.3 is 9.80 Å². The number of pyridine rings is 1. The fourth-order valence-corrected chi connectivity index (χ4v) is 4.11. The second-order valence-electron chi connectivity index (χ2n) is 8.07. The van der Waals surface area contributed by atoms with E-state index < -0.39 is 11.6 Å². The van der Waals surface area contributed by atoms with Gasteiger partial charge >= 0.3 is 0 Å². The number of rotatable bonds is 4. The van der Waals surface area contributed by atoms with Gasteiger partial charge in [-0.3, -0.25) is 14.2 Å². The molecule has 0 saturated carbocycles. The zero-order valence-electron chi connectivity index (χ0n) is 18.2. The highest BCUT2D eigenvalue weighted by atomic mass is 19.2. The summed E-state index contributed by atoms with van der Waals surface area (Å²) in [6, 6.07) is 16.4. The van der Waals surface area contributed by atoms with Crippen molar-refractivity contribution < 1.29 is 13.6 Å². The topological polar surface area (TPSA) is 71.3 Å². The number of halogens is 2. The molecule has 0 unspecified atom stereocenters. The van der Waals surface area contributed by atoms with Crippen LogP contribution in [0.2, 0.25) is 0 Å². The van der Waals surface area contributed by atoms with Gasteiger partial charge in [0.25, 0.3) is 11.5 Å². The number of anilines is 1. The number of aromatic nitrogens is 3. The molecule has 172 valence electrons. The Hall–Kier alpha value is -4.14. The molecule has 2 aromatic heterocycles. The van der Waals surface area contributed by atoms with Gasteiger partial charge in [0.05, 0.1) is 6.54 Å². The molecule has 0 bridgehead atoms. The predicted molar refractivity (Wildman–Crippen MR) is 124 cm³/mol. The molecule has 1 amide bonds. The van der Waals surface area contributed by atoms with Crippen molar-refractivity contribution in [3.63, 3.8) is 0 Å². The zero-order valence-corrected chi connectivity index (χ0v) is 18.2. The van der Waals surface area contributed by atoms with Crippen LogP contribution in [0.15, 0.2) is 71.7 Å². The Balaban J connectivity index is 1.41. The van der Waals surface area contributed by atoms with Gasteiger partial charge in [-0.25, -0.2) is 18.7 Å². The Labute approximate surface area is 193 Å². The van der Waals surface area contributed by atoms with E-state index in [1.54, 1.807) is 21.7 Å². The molecule has 9 heteroatoms. The molecule has 5 rings (SSSR count). The van der Waals surface area contributed by atoms with Crippen LogP contribution in [-0.2, 0) is 6.54 Å². The van der Waals surface area contributed by atoms with Gasteiger partial charge in [0, 0.05) is 37.9 Å². The van der Waals surface area contributed by atoms with Gasteiger partial charge in [0.1, 0.15) is 5.52 Å². The highest BCUT2D eigenvalue weighted by Crippen LogP contribution is 2.18. The van der Waals surface area contributed by atoms with Gasteiger partial charge in [0.2, 0.25) is 0 Å². The van der Waals surface area contributed by atoms with Crippen molar-refractivity contribution in [3.05, 3.63) is 100.0 Å².